The third-order valence-electron chi connectivity index (χ3n) is 3.04. The first-order chi connectivity index (χ1) is 9.51. The number of sulfonamides is 1. The van der Waals surface area contributed by atoms with Crippen LogP contribution in [0.2, 0.25) is 0 Å². The van der Waals surface area contributed by atoms with Crippen LogP contribution >= 0.6 is 15.9 Å². The maximum atomic E-state index is 12.3. The fourth-order valence-electron chi connectivity index (χ4n) is 1.91. The van der Waals surface area contributed by atoms with Crippen LogP contribution in [0.3, 0.4) is 0 Å². The lowest BCUT2D eigenvalue weighted by Gasteiger charge is -2.15. The maximum absolute atomic E-state index is 12.3. The van der Waals surface area contributed by atoms with Crippen molar-refractivity contribution in [3.05, 3.63) is 34.3 Å². The van der Waals surface area contributed by atoms with Crippen molar-refractivity contribution < 1.29 is 13.2 Å². The van der Waals surface area contributed by atoms with E-state index in [1.165, 1.54) is 13.2 Å². The summed E-state index contributed by atoms with van der Waals surface area (Å²) < 4.78 is 32.9. The van der Waals surface area contributed by atoms with Crippen molar-refractivity contribution in [1.82, 2.24) is 10.0 Å². The molecule has 110 valence electrons. The molecule has 7 heteroatoms. The van der Waals surface area contributed by atoms with E-state index in [4.69, 9.17) is 4.74 Å². The van der Waals surface area contributed by atoms with Gasteiger partial charge in [0, 0.05) is 23.6 Å². The molecule has 0 aliphatic carbocycles. The van der Waals surface area contributed by atoms with Crippen LogP contribution in [0.25, 0.3) is 0 Å². The predicted octanol–water partition coefficient (Wildman–Crippen LogP) is 1.66. The Hall–Kier alpha value is -0.890. The Morgan fingerprint density at radius 2 is 2.20 bits per heavy atom. The molecule has 5 nitrogen and oxygen atoms in total. The van der Waals surface area contributed by atoms with Gasteiger partial charge in [-0.3, -0.25) is 0 Å². The number of rotatable bonds is 5. The molecule has 1 aliphatic rings. The first-order valence-electron chi connectivity index (χ1n) is 6.24. The third-order valence-corrected chi connectivity index (χ3v) is 4.88. The quantitative estimate of drug-likeness (QED) is 0.783. The Kier molecular flexibility index (Phi) is 5.20. The lowest BCUT2D eigenvalue weighted by Crippen LogP contribution is -2.29. The zero-order valence-electron chi connectivity index (χ0n) is 11.1. The topological polar surface area (TPSA) is 67.4 Å². The van der Waals surface area contributed by atoms with Gasteiger partial charge in [0.2, 0.25) is 10.0 Å². The second-order valence-corrected chi connectivity index (χ2v) is 7.15. The Labute approximate surface area is 127 Å². The number of hydrogen-bond donors (Lipinski definition) is 2. The molecule has 20 heavy (non-hydrogen) atoms. The zero-order chi connectivity index (χ0) is 14.6. The van der Waals surface area contributed by atoms with E-state index < -0.39 is 10.0 Å². The summed E-state index contributed by atoms with van der Waals surface area (Å²) >= 11 is 3.28. The summed E-state index contributed by atoms with van der Waals surface area (Å²) in [4.78, 5) is 0.193. The summed E-state index contributed by atoms with van der Waals surface area (Å²) in [5, 5.41) is 3.19. The van der Waals surface area contributed by atoms with Crippen LogP contribution in [0.4, 0.5) is 0 Å². The lowest BCUT2D eigenvalue weighted by molar-refractivity contribution is 0.413. The molecule has 1 heterocycles. The van der Waals surface area contributed by atoms with Crippen LogP contribution in [0.5, 0.6) is 5.75 Å². The van der Waals surface area contributed by atoms with E-state index in [9.17, 15) is 8.42 Å². The molecule has 2 rings (SSSR count). The number of hydrogen-bond acceptors (Lipinski definition) is 4. The number of nitrogens with one attached hydrogen (secondary N) is 2. The highest BCUT2D eigenvalue weighted by atomic mass is 79.9. The average Bonchev–Trinajstić information content (AvgIpc) is 2.45. The SMILES string of the molecule is COc1cc(Br)cc(S(=O)(=O)NCC2=CCNCC2)c1. The molecular weight excluding hydrogens is 344 g/mol. The number of halogens is 1. The van der Waals surface area contributed by atoms with Gasteiger partial charge in [0.05, 0.1) is 12.0 Å². The fourth-order valence-corrected chi connectivity index (χ4v) is 3.63. The van der Waals surface area contributed by atoms with Crippen LogP contribution in [0.1, 0.15) is 6.42 Å². The van der Waals surface area contributed by atoms with Crippen molar-refractivity contribution in [3.63, 3.8) is 0 Å². The highest BCUT2D eigenvalue weighted by Crippen LogP contribution is 2.24. The third kappa shape index (κ3) is 4.05. The first kappa shape index (κ1) is 15.5. The second-order valence-electron chi connectivity index (χ2n) is 4.47. The van der Waals surface area contributed by atoms with E-state index in [-0.39, 0.29) is 4.90 Å². The van der Waals surface area contributed by atoms with E-state index in [0.717, 1.165) is 25.1 Å². The standard InChI is InChI=1S/C13H17BrN2O3S/c1-19-12-6-11(14)7-13(8-12)20(17,18)16-9-10-2-4-15-5-3-10/h2,6-8,15-16H,3-5,9H2,1H3. The van der Waals surface area contributed by atoms with E-state index in [0.29, 0.717) is 16.8 Å². The van der Waals surface area contributed by atoms with Crippen molar-refractivity contribution in [2.75, 3.05) is 26.7 Å². The van der Waals surface area contributed by atoms with Crippen LogP contribution in [0, 0.1) is 0 Å². The largest absolute Gasteiger partial charge is 0.497 e. The zero-order valence-corrected chi connectivity index (χ0v) is 13.6. The van der Waals surface area contributed by atoms with Crippen LogP contribution in [-0.2, 0) is 10.0 Å². The predicted molar refractivity (Wildman–Crippen MR) is 81.5 cm³/mol. The van der Waals surface area contributed by atoms with E-state index in [1.807, 2.05) is 6.08 Å². The molecular formula is C13H17BrN2O3S. The van der Waals surface area contributed by atoms with Gasteiger partial charge < -0.3 is 10.1 Å². The maximum Gasteiger partial charge on any atom is 0.241 e. The lowest BCUT2D eigenvalue weighted by atomic mass is 10.1. The number of ether oxygens (including phenoxy) is 1. The van der Waals surface area contributed by atoms with Crippen molar-refractivity contribution in [3.8, 4) is 5.75 Å². The molecule has 1 aromatic carbocycles. The summed E-state index contributed by atoms with van der Waals surface area (Å²) in [5.74, 6) is 0.501. The Morgan fingerprint density at radius 1 is 1.40 bits per heavy atom. The van der Waals surface area contributed by atoms with Crippen molar-refractivity contribution in [1.29, 1.82) is 0 Å². The Bertz CT molecular complexity index is 614. The molecule has 0 bridgehead atoms. The summed E-state index contributed by atoms with van der Waals surface area (Å²) in [6.07, 6.45) is 2.89. The molecule has 0 fully saturated rings. The molecule has 0 unspecified atom stereocenters. The molecule has 0 spiro atoms. The van der Waals surface area contributed by atoms with Gasteiger partial charge in [-0.25, -0.2) is 13.1 Å². The monoisotopic (exact) mass is 360 g/mol. The molecule has 2 N–H and O–H groups in total. The summed E-state index contributed by atoms with van der Waals surface area (Å²) in [6.45, 7) is 2.03. The summed E-state index contributed by atoms with van der Waals surface area (Å²) in [5.41, 5.74) is 1.11. The Balaban J connectivity index is 2.13. The minimum absolute atomic E-state index is 0.193. The normalized spacial score (nSPS) is 15.8. The average molecular weight is 361 g/mol. The van der Waals surface area contributed by atoms with Gasteiger partial charge in [-0.15, -0.1) is 0 Å². The van der Waals surface area contributed by atoms with Crippen LogP contribution in [-0.4, -0.2) is 35.2 Å². The molecule has 0 radical (unpaired) electrons. The number of methoxy groups -OCH3 is 1. The minimum atomic E-state index is -3.54. The van der Waals surface area contributed by atoms with Crippen molar-refractivity contribution in [2.24, 2.45) is 0 Å². The van der Waals surface area contributed by atoms with E-state index in [1.54, 1.807) is 12.1 Å². The second kappa shape index (κ2) is 6.71. The van der Waals surface area contributed by atoms with Gasteiger partial charge >= 0.3 is 0 Å². The van der Waals surface area contributed by atoms with Gasteiger partial charge in [0.15, 0.2) is 0 Å². The summed E-state index contributed by atoms with van der Waals surface area (Å²) in [6, 6.07) is 4.78. The molecule has 0 saturated heterocycles. The molecule has 0 atom stereocenters. The highest BCUT2D eigenvalue weighted by Gasteiger charge is 2.16. The van der Waals surface area contributed by atoms with E-state index in [2.05, 4.69) is 26.0 Å². The molecule has 0 saturated carbocycles. The van der Waals surface area contributed by atoms with Crippen LogP contribution < -0.4 is 14.8 Å². The molecule has 0 amide bonds. The van der Waals surface area contributed by atoms with Gasteiger partial charge in [-0.05, 0) is 25.1 Å². The molecule has 1 aliphatic heterocycles. The van der Waals surface area contributed by atoms with Gasteiger partial charge in [0.25, 0.3) is 0 Å². The molecule has 1 aromatic rings. The van der Waals surface area contributed by atoms with Gasteiger partial charge in [-0.1, -0.05) is 27.6 Å². The number of benzene rings is 1. The Morgan fingerprint density at radius 3 is 2.85 bits per heavy atom. The van der Waals surface area contributed by atoms with Crippen molar-refractivity contribution >= 4 is 26.0 Å². The minimum Gasteiger partial charge on any atom is -0.497 e. The van der Waals surface area contributed by atoms with Crippen molar-refractivity contribution in [2.45, 2.75) is 11.3 Å². The van der Waals surface area contributed by atoms with Gasteiger partial charge in [0.1, 0.15) is 5.75 Å². The van der Waals surface area contributed by atoms with E-state index >= 15 is 0 Å². The van der Waals surface area contributed by atoms with Crippen LogP contribution in [0.15, 0.2) is 39.2 Å². The molecule has 0 aromatic heterocycles. The first-order valence-corrected chi connectivity index (χ1v) is 8.52. The van der Waals surface area contributed by atoms with Gasteiger partial charge in [-0.2, -0.15) is 0 Å². The highest BCUT2D eigenvalue weighted by molar-refractivity contribution is 9.10. The summed E-state index contributed by atoms with van der Waals surface area (Å²) in [7, 11) is -2.03. The fraction of sp³-hybridized carbons (Fsp3) is 0.385. The smallest absolute Gasteiger partial charge is 0.241 e.